The molecule has 0 aliphatic heterocycles. The van der Waals surface area contributed by atoms with Crippen molar-refractivity contribution in [2.45, 2.75) is 13.3 Å². The van der Waals surface area contributed by atoms with Gasteiger partial charge in [0.1, 0.15) is 12.4 Å². The summed E-state index contributed by atoms with van der Waals surface area (Å²) in [7, 11) is -3.15. The fraction of sp³-hybridized carbons (Fsp3) is 0.455. The molecule has 0 fully saturated rings. The average molecular weight is 278 g/mol. The molecule has 0 amide bonds. The van der Waals surface area contributed by atoms with Gasteiger partial charge in [-0.1, -0.05) is 24.6 Å². The summed E-state index contributed by atoms with van der Waals surface area (Å²) in [6.45, 7) is 2.36. The van der Waals surface area contributed by atoms with Crippen LogP contribution < -0.4 is 9.46 Å². The molecule has 1 aromatic carbocycles. The Labute approximate surface area is 107 Å². The summed E-state index contributed by atoms with van der Waals surface area (Å²) in [5.41, 5.74) is 0. The van der Waals surface area contributed by atoms with Gasteiger partial charge in [-0.15, -0.1) is 0 Å². The Morgan fingerprint density at radius 1 is 1.41 bits per heavy atom. The van der Waals surface area contributed by atoms with Crippen LogP contribution in [0.15, 0.2) is 24.3 Å². The minimum absolute atomic E-state index is 0.143. The highest BCUT2D eigenvalue weighted by molar-refractivity contribution is 7.89. The fourth-order valence-corrected chi connectivity index (χ4v) is 2.52. The second-order valence-electron chi connectivity index (χ2n) is 3.52. The third kappa shape index (κ3) is 5.91. The Hall–Kier alpha value is -0.780. The van der Waals surface area contributed by atoms with Crippen molar-refractivity contribution in [1.29, 1.82) is 0 Å². The van der Waals surface area contributed by atoms with Gasteiger partial charge in [0.15, 0.2) is 0 Å². The highest BCUT2D eigenvalue weighted by Gasteiger charge is 2.06. The average Bonchev–Trinajstić information content (AvgIpc) is 2.24. The molecule has 1 aromatic rings. The number of hydrogen-bond donors (Lipinski definition) is 1. The first-order valence-corrected chi connectivity index (χ1v) is 7.42. The van der Waals surface area contributed by atoms with E-state index in [2.05, 4.69) is 4.72 Å². The van der Waals surface area contributed by atoms with Crippen LogP contribution in [0.4, 0.5) is 0 Å². The van der Waals surface area contributed by atoms with E-state index in [4.69, 9.17) is 16.3 Å². The maximum absolute atomic E-state index is 11.3. The topological polar surface area (TPSA) is 55.4 Å². The molecule has 0 aliphatic carbocycles. The standard InChI is InChI=1S/C11H16ClNO3S/c1-2-8-17(14,15)13-6-7-16-11-5-3-4-10(12)9-11/h3-5,9,13H,2,6-8H2,1H3. The molecule has 17 heavy (non-hydrogen) atoms. The van der Waals surface area contributed by atoms with Gasteiger partial charge in [-0.05, 0) is 24.6 Å². The predicted molar refractivity (Wildman–Crippen MR) is 69.0 cm³/mol. The number of halogens is 1. The Morgan fingerprint density at radius 3 is 2.82 bits per heavy atom. The Morgan fingerprint density at radius 2 is 2.18 bits per heavy atom. The summed E-state index contributed by atoms with van der Waals surface area (Å²) in [6.07, 6.45) is 0.602. The largest absolute Gasteiger partial charge is 0.492 e. The van der Waals surface area contributed by atoms with Crippen LogP contribution in [-0.2, 0) is 10.0 Å². The van der Waals surface area contributed by atoms with Crippen LogP contribution in [0.5, 0.6) is 5.75 Å². The number of ether oxygens (including phenoxy) is 1. The first-order chi connectivity index (χ1) is 8.03. The number of nitrogens with one attached hydrogen (secondary N) is 1. The normalized spacial score (nSPS) is 11.4. The molecule has 0 atom stereocenters. The predicted octanol–water partition coefficient (Wildman–Crippen LogP) is 2.05. The molecular formula is C11H16ClNO3S. The van der Waals surface area contributed by atoms with Gasteiger partial charge in [0.25, 0.3) is 0 Å². The molecule has 0 spiro atoms. The van der Waals surface area contributed by atoms with Crippen molar-refractivity contribution in [3.63, 3.8) is 0 Å². The second-order valence-corrected chi connectivity index (χ2v) is 5.88. The molecule has 0 radical (unpaired) electrons. The summed E-state index contributed by atoms with van der Waals surface area (Å²) in [4.78, 5) is 0. The van der Waals surface area contributed by atoms with Crippen LogP contribution in [0, 0.1) is 0 Å². The second kappa shape index (κ2) is 6.83. The van der Waals surface area contributed by atoms with E-state index in [1.54, 1.807) is 24.3 Å². The lowest BCUT2D eigenvalue weighted by Gasteiger charge is -2.08. The molecule has 6 heteroatoms. The van der Waals surface area contributed by atoms with Gasteiger partial charge < -0.3 is 4.74 Å². The van der Waals surface area contributed by atoms with Crippen molar-refractivity contribution in [3.05, 3.63) is 29.3 Å². The van der Waals surface area contributed by atoms with E-state index in [1.807, 2.05) is 6.92 Å². The van der Waals surface area contributed by atoms with Crippen molar-refractivity contribution in [1.82, 2.24) is 4.72 Å². The zero-order valence-electron chi connectivity index (χ0n) is 9.65. The molecule has 0 bridgehead atoms. The van der Waals surface area contributed by atoms with E-state index >= 15 is 0 Å². The quantitative estimate of drug-likeness (QED) is 0.776. The van der Waals surface area contributed by atoms with Crippen LogP contribution in [0.1, 0.15) is 13.3 Å². The molecule has 0 saturated carbocycles. The van der Waals surface area contributed by atoms with E-state index in [0.29, 0.717) is 17.2 Å². The highest BCUT2D eigenvalue weighted by Crippen LogP contribution is 2.16. The molecule has 1 N–H and O–H groups in total. The Bertz CT molecular complexity index is 448. The Balaban J connectivity index is 2.29. The van der Waals surface area contributed by atoms with E-state index in [-0.39, 0.29) is 18.9 Å². The maximum atomic E-state index is 11.3. The summed E-state index contributed by atoms with van der Waals surface area (Å²) >= 11 is 5.78. The van der Waals surface area contributed by atoms with E-state index in [9.17, 15) is 8.42 Å². The van der Waals surface area contributed by atoms with Crippen molar-refractivity contribution in [3.8, 4) is 5.75 Å². The number of benzene rings is 1. The van der Waals surface area contributed by atoms with Gasteiger partial charge in [-0.25, -0.2) is 13.1 Å². The third-order valence-corrected chi connectivity index (χ3v) is 3.79. The monoisotopic (exact) mass is 277 g/mol. The molecular weight excluding hydrogens is 262 g/mol. The van der Waals surface area contributed by atoms with Crippen LogP contribution in [0.25, 0.3) is 0 Å². The lowest BCUT2D eigenvalue weighted by molar-refractivity contribution is 0.323. The maximum Gasteiger partial charge on any atom is 0.211 e. The molecule has 0 aromatic heterocycles. The van der Waals surface area contributed by atoms with Crippen LogP contribution in [0.3, 0.4) is 0 Å². The number of rotatable bonds is 7. The lowest BCUT2D eigenvalue weighted by Crippen LogP contribution is -2.30. The summed E-state index contributed by atoms with van der Waals surface area (Å²) in [5.74, 6) is 0.775. The van der Waals surface area contributed by atoms with Crippen molar-refractivity contribution in [2.75, 3.05) is 18.9 Å². The van der Waals surface area contributed by atoms with E-state index < -0.39 is 10.0 Å². The number of sulfonamides is 1. The molecule has 96 valence electrons. The van der Waals surface area contributed by atoms with Gasteiger partial charge in [-0.3, -0.25) is 0 Å². The van der Waals surface area contributed by atoms with E-state index in [0.717, 1.165) is 0 Å². The summed E-state index contributed by atoms with van der Waals surface area (Å²) < 4.78 is 30.4. The Kier molecular flexibility index (Phi) is 5.74. The fourth-order valence-electron chi connectivity index (χ4n) is 1.26. The zero-order chi connectivity index (χ0) is 12.7. The number of hydrogen-bond acceptors (Lipinski definition) is 3. The molecule has 0 saturated heterocycles. The van der Waals surface area contributed by atoms with Gasteiger partial charge >= 0.3 is 0 Å². The van der Waals surface area contributed by atoms with Crippen LogP contribution in [0.2, 0.25) is 5.02 Å². The van der Waals surface area contributed by atoms with E-state index in [1.165, 1.54) is 0 Å². The molecule has 0 unspecified atom stereocenters. The summed E-state index contributed by atoms with van der Waals surface area (Å²) in [6, 6.07) is 6.98. The molecule has 1 rings (SSSR count). The first-order valence-electron chi connectivity index (χ1n) is 5.39. The minimum atomic E-state index is -3.15. The van der Waals surface area contributed by atoms with Gasteiger partial charge in [0, 0.05) is 11.6 Å². The van der Waals surface area contributed by atoms with Crippen molar-refractivity contribution in [2.24, 2.45) is 0 Å². The smallest absolute Gasteiger partial charge is 0.211 e. The third-order valence-electron chi connectivity index (χ3n) is 1.96. The first kappa shape index (κ1) is 14.3. The summed E-state index contributed by atoms with van der Waals surface area (Å²) in [5, 5.41) is 0.592. The lowest BCUT2D eigenvalue weighted by atomic mass is 10.3. The van der Waals surface area contributed by atoms with Gasteiger partial charge in [0.2, 0.25) is 10.0 Å². The molecule has 0 aliphatic rings. The minimum Gasteiger partial charge on any atom is -0.492 e. The molecule has 4 nitrogen and oxygen atoms in total. The highest BCUT2D eigenvalue weighted by atomic mass is 35.5. The van der Waals surface area contributed by atoms with Gasteiger partial charge in [-0.2, -0.15) is 0 Å². The zero-order valence-corrected chi connectivity index (χ0v) is 11.2. The SMILES string of the molecule is CCCS(=O)(=O)NCCOc1cccc(Cl)c1. The molecule has 0 heterocycles. The van der Waals surface area contributed by atoms with Crippen LogP contribution >= 0.6 is 11.6 Å². The van der Waals surface area contributed by atoms with Crippen molar-refractivity contribution >= 4 is 21.6 Å². The van der Waals surface area contributed by atoms with Gasteiger partial charge in [0.05, 0.1) is 5.75 Å². The van der Waals surface area contributed by atoms with Crippen LogP contribution in [-0.4, -0.2) is 27.3 Å². The van der Waals surface area contributed by atoms with Crippen molar-refractivity contribution < 1.29 is 13.2 Å².